The van der Waals surface area contributed by atoms with Crippen LogP contribution >= 0.6 is 0 Å². The average Bonchev–Trinajstić information content (AvgIpc) is 3.01. The minimum Gasteiger partial charge on any atom is -0.491 e. The molecule has 27 heavy (non-hydrogen) atoms. The smallest absolute Gasteiger partial charge is 0.287 e. The van der Waals surface area contributed by atoms with Gasteiger partial charge in [-0.1, -0.05) is 30.3 Å². The second-order valence-corrected chi connectivity index (χ2v) is 6.77. The van der Waals surface area contributed by atoms with E-state index in [1.54, 1.807) is 7.11 Å². The first-order chi connectivity index (χ1) is 13.0. The van der Waals surface area contributed by atoms with Gasteiger partial charge in [-0.2, -0.15) is 0 Å². The van der Waals surface area contributed by atoms with Crippen molar-refractivity contribution in [1.29, 1.82) is 0 Å². The number of fused-ring (bicyclic) bond motifs is 1. The maximum absolute atomic E-state index is 12.8. The van der Waals surface area contributed by atoms with Crippen molar-refractivity contribution in [1.82, 2.24) is 5.32 Å². The zero-order valence-corrected chi connectivity index (χ0v) is 16.1. The van der Waals surface area contributed by atoms with Crippen LogP contribution in [0.4, 0.5) is 0 Å². The third-order valence-corrected chi connectivity index (χ3v) is 4.29. The Balaban J connectivity index is 1.78. The summed E-state index contributed by atoms with van der Waals surface area (Å²) in [5.74, 6) is 0.852. The molecule has 5 nitrogen and oxygen atoms in total. The van der Waals surface area contributed by atoms with Gasteiger partial charge >= 0.3 is 0 Å². The standard InChI is InChI=1S/C22H25NO4/c1-14(2)26-17-11-9-16(10-12-17)15(3)23-22(24)21-19(13-25-4)18-7-5-6-8-20(18)27-21/h5-12,14-15H,13H2,1-4H3,(H,23,24). The Kier molecular flexibility index (Phi) is 5.81. The maximum atomic E-state index is 12.8. The van der Waals surface area contributed by atoms with Crippen LogP contribution in [0.1, 0.15) is 48.5 Å². The van der Waals surface area contributed by atoms with E-state index in [0.717, 1.165) is 22.3 Å². The van der Waals surface area contributed by atoms with Crippen LogP contribution in [0.15, 0.2) is 52.9 Å². The second-order valence-electron chi connectivity index (χ2n) is 6.77. The lowest BCUT2D eigenvalue weighted by molar-refractivity contribution is 0.0907. The number of hydrogen-bond acceptors (Lipinski definition) is 4. The summed E-state index contributed by atoms with van der Waals surface area (Å²) in [6.45, 7) is 6.23. The first kappa shape index (κ1) is 19.0. The molecule has 1 heterocycles. The van der Waals surface area contributed by atoms with Gasteiger partial charge < -0.3 is 19.2 Å². The van der Waals surface area contributed by atoms with E-state index in [9.17, 15) is 4.79 Å². The Bertz CT molecular complexity index is 912. The molecule has 1 N–H and O–H groups in total. The lowest BCUT2D eigenvalue weighted by atomic mass is 10.1. The molecule has 3 aromatic rings. The third kappa shape index (κ3) is 4.31. The SMILES string of the molecule is COCc1c(C(=O)NC(C)c2ccc(OC(C)C)cc2)oc2ccccc12. The van der Waals surface area contributed by atoms with Crippen molar-refractivity contribution in [3.8, 4) is 5.75 Å². The Hall–Kier alpha value is -2.79. The van der Waals surface area contributed by atoms with Gasteiger partial charge in [0.25, 0.3) is 5.91 Å². The number of ether oxygens (including phenoxy) is 2. The fraction of sp³-hybridized carbons (Fsp3) is 0.318. The van der Waals surface area contributed by atoms with E-state index in [4.69, 9.17) is 13.9 Å². The first-order valence-corrected chi connectivity index (χ1v) is 9.06. The summed E-state index contributed by atoms with van der Waals surface area (Å²) >= 11 is 0. The lowest BCUT2D eigenvalue weighted by Gasteiger charge is -2.15. The number of carbonyl (C=O) groups is 1. The van der Waals surface area contributed by atoms with Gasteiger partial charge in [0, 0.05) is 18.1 Å². The number of hydrogen-bond donors (Lipinski definition) is 1. The van der Waals surface area contributed by atoms with Crippen molar-refractivity contribution >= 4 is 16.9 Å². The van der Waals surface area contributed by atoms with Gasteiger partial charge in [-0.25, -0.2) is 0 Å². The summed E-state index contributed by atoms with van der Waals surface area (Å²) in [5, 5.41) is 3.90. The Morgan fingerprint density at radius 1 is 1.07 bits per heavy atom. The monoisotopic (exact) mass is 367 g/mol. The molecular weight excluding hydrogens is 342 g/mol. The van der Waals surface area contributed by atoms with Crippen LogP contribution in [0.5, 0.6) is 5.75 Å². The average molecular weight is 367 g/mol. The molecule has 0 radical (unpaired) electrons. The first-order valence-electron chi connectivity index (χ1n) is 9.06. The van der Waals surface area contributed by atoms with Crippen molar-refractivity contribution in [3.05, 3.63) is 65.4 Å². The Morgan fingerprint density at radius 3 is 2.44 bits per heavy atom. The Morgan fingerprint density at radius 2 is 1.78 bits per heavy atom. The summed E-state index contributed by atoms with van der Waals surface area (Å²) in [7, 11) is 1.60. The van der Waals surface area contributed by atoms with Crippen molar-refractivity contribution in [2.75, 3.05) is 7.11 Å². The predicted molar refractivity (Wildman–Crippen MR) is 105 cm³/mol. The molecule has 0 bridgehead atoms. The molecule has 0 aliphatic carbocycles. The molecule has 3 rings (SSSR count). The minimum atomic E-state index is -0.256. The fourth-order valence-electron chi connectivity index (χ4n) is 3.02. The molecule has 1 atom stereocenters. The Labute approximate surface area is 159 Å². The van der Waals surface area contributed by atoms with Gasteiger partial charge in [-0.3, -0.25) is 4.79 Å². The molecule has 0 aliphatic rings. The number of nitrogens with one attached hydrogen (secondary N) is 1. The van der Waals surface area contributed by atoms with Gasteiger partial charge in [-0.05, 0) is 44.5 Å². The summed E-state index contributed by atoms with van der Waals surface area (Å²) in [4.78, 5) is 12.8. The van der Waals surface area contributed by atoms with E-state index in [-0.39, 0.29) is 18.1 Å². The minimum absolute atomic E-state index is 0.125. The largest absolute Gasteiger partial charge is 0.491 e. The van der Waals surface area contributed by atoms with Crippen LogP contribution in [0, 0.1) is 0 Å². The number of methoxy groups -OCH3 is 1. The number of benzene rings is 2. The molecule has 142 valence electrons. The molecule has 0 saturated heterocycles. The van der Waals surface area contributed by atoms with E-state index in [1.807, 2.05) is 69.3 Å². The summed E-state index contributed by atoms with van der Waals surface area (Å²) in [6.07, 6.45) is 0.125. The number of rotatable bonds is 7. The highest BCUT2D eigenvalue weighted by Crippen LogP contribution is 2.27. The molecule has 0 saturated carbocycles. The predicted octanol–water partition coefficient (Wildman–Crippen LogP) is 4.86. The van der Waals surface area contributed by atoms with Gasteiger partial charge in [0.15, 0.2) is 5.76 Å². The van der Waals surface area contributed by atoms with Crippen molar-refractivity contribution in [3.63, 3.8) is 0 Å². The van der Waals surface area contributed by atoms with E-state index in [0.29, 0.717) is 18.0 Å². The topological polar surface area (TPSA) is 60.7 Å². The summed E-state index contributed by atoms with van der Waals surface area (Å²) in [6, 6.07) is 15.1. The summed E-state index contributed by atoms with van der Waals surface area (Å²) in [5.41, 5.74) is 2.43. The van der Waals surface area contributed by atoms with Gasteiger partial charge in [0.1, 0.15) is 11.3 Å². The highest BCUT2D eigenvalue weighted by atomic mass is 16.5. The molecule has 1 amide bonds. The van der Waals surface area contributed by atoms with Crippen LogP contribution in [0.3, 0.4) is 0 Å². The number of amides is 1. The fourth-order valence-corrected chi connectivity index (χ4v) is 3.02. The molecule has 0 aliphatic heterocycles. The zero-order valence-electron chi connectivity index (χ0n) is 16.1. The van der Waals surface area contributed by atoms with Crippen molar-refractivity contribution in [2.24, 2.45) is 0 Å². The van der Waals surface area contributed by atoms with Gasteiger partial charge in [0.05, 0.1) is 18.8 Å². The third-order valence-electron chi connectivity index (χ3n) is 4.29. The molecular formula is C22H25NO4. The van der Waals surface area contributed by atoms with Crippen LogP contribution in [-0.4, -0.2) is 19.1 Å². The lowest BCUT2D eigenvalue weighted by Crippen LogP contribution is -2.27. The van der Waals surface area contributed by atoms with Crippen LogP contribution in [-0.2, 0) is 11.3 Å². The van der Waals surface area contributed by atoms with Crippen molar-refractivity contribution < 1.29 is 18.7 Å². The molecule has 0 spiro atoms. The van der Waals surface area contributed by atoms with E-state index < -0.39 is 0 Å². The molecule has 0 fully saturated rings. The molecule has 1 aromatic heterocycles. The normalized spacial score (nSPS) is 12.3. The number of para-hydroxylation sites is 1. The van der Waals surface area contributed by atoms with Crippen LogP contribution in [0.25, 0.3) is 11.0 Å². The van der Waals surface area contributed by atoms with Crippen molar-refractivity contribution in [2.45, 2.75) is 39.5 Å². The van der Waals surface area contributed by atoms with Crippen LogP contribution in [0.2, 0.25) is 0 Å². The molecule has 1 unspecified atom stereocenters. The highest BCUT2D eigenvalue weighted by Gasteiger charge is 2.22. The molecule has 5 heteroatoms. The number of furan rings is 1. The quantitative estimate of drug-likeness (QED) is 0.648. The molecule has 2 aromatic carbocycles. The van der Waals surface area contributed by atoms with Gasteiger partial charge in [0.2, 0.25) is 0 Å². The number of carbonyl (C=O) groups excluding carboxylic acids is 1. The highest BCUT2D eigenvalue weighted by molar-refractivity contribution is 5.99. The maximum Gasteiger partial charge on any atom is 0.287 e. The second kappa shape index (κ2) is 8.27. The van der Waals surface area contributed by atoms with E-state index >= 15 is 0 Å². The van der Waals surface area contributed by atoms with Crippen LogP contribution < -0.4 is 10.1 Å². The van der Waals surface area contributed by atoms with E-state index in [2.05, 4.69) is 5.32 Å². The van der Waals surface area contributed by atoms with E-state index in [1.165, 1.54) is 0 Å². The zero-order chi connectivity index (χ0) is 19.4. The van der Waals surface area contributed by atoms with Gasteiger partial charge in [-0.15, -0.1) is 0 Å². The summed E-state index contributed by atoms with van der Waals surface area (Å²) < 4.78 is 16.7.